The normalized spacial score (nSPS) is 22.2. The van der Waals surface area contributed by atoms with Gasteiger partial charge < -0.3 is 0 Å². The molecule has 0 N–H and O–H groups in total. The molecule has 0 heterocycles. The van der Waals surface area contributed by atoms with Crippen LogP contribution in [0.3, 0.4) is 0 Å². The van der Waals surface area contributed by atoms with Gasteiger partial charge in [0.05, 0.1) is 0 Å². The van der Waals surface area contributed by atoms with Crippen molar-refractivity contribution in [3.05, 3.63) is 35.5 Å². The van der Waals surface area contributed by atoms with Crippen molar-refractivity contribution in [3.8, 4) is 0 Å². The fraction of sp³-hybridized carbons (Fsp3) is 0.455. The SMILES string of the molecule is CC1=CC(C)=CC(C)(C)C=C1. The maximum absolute atomic E-state index is 2.29. The highest BCUT2D eigenvalue weighted by molar-refractivity contribution is 5.34. The molecule has 1 rings (SSSR count). The standard InChI is InChI=1S/C11H16/c1-9-5-6-11(3,4)8-10(2)7-9/h5-8H,1-4H3. The monoisotopic (exact) mass is 148 g/mol. The topological polar surface area (TPSA) is 0 Å². The van der Waals surface area contributed by atoms with Crippen LogP contribution < -0.4 is 0 Å². The Bertz CT molecular complexity index is 237. The lowest BCUT2D eigenvalue weighted by molar-refractivity contribution is 0.623. The first kappa shape index (κ1) is 8.32. The number of allylic oxidation sites excluding steroid dienone is 6. The molecule has 1 aliphatic carbocycles. The molecule has 0 saturated heterocycles. The van der Waals surface area contributed by atoms with Crippen molar-refractivity contribution in [2.45, 2.75) is 27.7 Å². The molecule has 0 aromatic carbocycles. The van der Waals surface area contributed by atoms with Gasteiger partial charge in [-0.3, -0.25) is 0 Å². The van der Waals surface area contributed by atoms with Crippen LogP contribution in [0, 0.1) is 5.41 Å². The minimum Gasteiger partial charge on any atom is -0.0748 e. The highest BCUT2D eigenvalue weighted by Gasteiger charge is 2.11. The largest absolute Gasteiger partial charge is 0.0748 e. The molecule has 0 bridgehead atoms. The van der Waals surface area contributed by atoms with Gasteiger partial charge in [-0.15, -0.1) is 0 Å². The number of rotatable bonds is 0. The van der Waals surface area contributed by atoms with Crippen molar-refractivity contribution in [3.63, 3.8) is 0 Å². The summed E-state index contributed by atoms with van der Waals surface area (Å²) in [5.41, 5.74) is 2.92. The molecule has 0 nitrogen and oxygen atoms in total. The van der Waals surface area contributed by atoms with Gasteiger partial charge in [-0.25, -0.2) is 0 Å². The third-order valence-electron chi connectivity index (χ3n) is 1.83. The van der Waals surface area contributed by atoms with E-state index in [1.807, 2.05) is 0 Å². The molecule has 0 saturated carbocycles. The van der Waals surface area contributed by atoms with Crippen LogP contribution in [0.15, 0.2) is 35.5 Å². The van der Waals surface area contributed by atoms with E-state index in [1.54, 1.807) is 0 Å². The lowest BCUT2D eigenvalue weighted by atomic mass is 9.91. The molecular weight excluding hydrogens is 132 g/mol. The molecule has 0 amide bonds. The Balaban J connectivity index is 3.02. The molecule has 0 fully saturated rings. The average molecular weight is 148 g/mol. The van der Waals surface area contributed by atoms with E-state index >= 15 is 0 Å². The minimum absolute atomic E-state index is 0.221. The van der Waals surface area contributed by atoms with Gasteiger partial charge in [0.25, 0.3) is 0 Å². The van der Waals surface area contributed by atoms with Crippen LogP contribution in [0.2, 0.25) is 0 Å². The Labute approximate surface area is 69.3 Å². The van der Waals surface area contributed by atoms with Crippen molar-refractivity contribution >= 4 is 0 Å². The Morgan fingerprint density at radius 2 is 1.73 bits per heavy atom. The number of hydrogen-bond donors (Lipinski definition) is 0. The number of hydrogen-bond acceptors (Lipinski definition) is 0. The van der Waals surface area contributed by atoms with Crippen molar-refractivity contribution in [1.82, 2.24) is 0 Å². The first-order valence-corrected chi connectivity index (χ1v) is 4.07. The molecule has 11 heavy (non-hydrogen) atoms. The summed E-state index contributed by atoms with van der Waals surface area (Å²) >= 11 is 0. The first-order valence-electron chi connectivity index (χ1n) is 4.07. The van der Waals surface area contributed by atoms with Crippen molar-refractivity contribution in [1.29, 1.82) is 0 Å². The molecule has 0 spiro atoms. The predicted octanol–water partition coefficient (Wildman–Crippen LogP) is 3.48. The van der Waals surface area contributed by atoms with Crippen LogP contribution in [0.4, 0.5) is 0 Å². The van der Waals surface area contributed by atoms with Crippen LogP contribution in [-0.4, -0.2) is 0 Å². The molecule has 0 radical (unpaired) electrons. The van der Waals surface area contributed by atoms with E-state index in [1.165, 1.54) is 11.1 Å². The van der Waals surface area contributed by atoms with E-state index in [9.17, 15) is 0 Å². The van der Waals surface area contributed by atoms with Gasteiger partial charge in [0, 0.05) is 5.41 Å². The summed E-state index contributed by atoms with van der Waals surface area (Å²) in [5, 5.41) is 0. The van der Waals surface area contributed by atoms with E-state index in [-0.39, 0.29) is 5.41 Å². The van der Waals surface area contributed by atoms with E-state index in [4.69, 9.17) is 0 Å². The summed E-state index contributed by atoms with van der Waals surface area (Å²) in [6.45, 7) is 8.73. The molecule has 60 valence electrons. The average Bonchev–Trinajstić information content (AvgIpc) is 1.90. The molecule has 1 aliphatic rings. The third-order valence-corrected chi connectivity index (χ3v) is 1.83. The summed E-state index contributed by atoms with van der Waals surface area (Å²) in [4.78, 5) is 0. The van der Waals surface area contributed by atoms with Crippen LogP contribution >= 0.6 is 0 Å². The fourth-order valence-corrected chi connectivity index (χ4v) is 1.43. The second-order valence-electron chi connectivity index (χ2n) is 3.93. The van der Waals surface area contributed by atoms with Crippen molar-refractivity contribution in [2.24, 2.45) is 5.41 Å². The van der Waals surface area contributed by atoms with Crippen LogP contribution in [0.25, 0.3) is 0 Å². The Hall–Kier alpha value is -0.780. The third kappa shape index (κ3) is 2.38. The molecule has 0 aromatic rings. The van der Waals surface area contributed by atoms with Crippen LogP contribution in [0.5, 0.6) is 0 Å². The van der Waals surface area contributed by atoms with Crippen LogP contribution in [-0.2, 0) is 0 Å². The summed E-state index contributed by atoms with van der Waals surface area (Å²) in [6, 6.07) is 0. The zero-order valence-corrected chi connectivity index (χ0v) is 7.81. The lowest BCUT2D eigenvalue weighted by Gasteiger charge is -2.13. The van der Waals surface area contributed by atoms with Gasteiger partial charge in [0.2, 0.25) is 0 Å². The van der Waals surface area contributed by atoms with E-state index in [0.717, 1.165) is 0 Å². The highest BCUT2D eigenvalue weighted by Crippen LogP contribution is 2.25. The maximum Gasteiger partial charge on any atom is 0.00133 e. The van der Waals surface area contributed by atoms with Crippen LogP contribution in [0.1, 0.15) is 27.7 Å². The Morgan fingerprint density at radius 1 is 1.09 bits per heavy atom. The molecule has 0 atom stereocenters. The van der Waals surface area contributed by atoms with Crippen molar-refractivity contribution < 1.29 is 0 Å². The molecule has 0 unspecified atom stereocenters. The molecule has 0 heteroatoms. The molecule has 0 aliphatic heterocycles. The van der Waals surface area contributed by atoms with Gasteiger partial charge in [-0.1, -0.05) is 49.3 Å². The maximum atomic E-state index is 2.29. The molecular formula is C11H16. The zero-order chi connectivity index (χ0) is 8.48. The fourth-order valence-electron chi connectivity index (χ4n) is 1.43. The van der Waals surface area contributed by atoms with Gasteiger partial charge >= 0.3 is 0 Å². The van der Waals surface area contributed by atoms with Gasteiger partial charge in [0.1, 0.15) is 0 Å². The predicted molar refractivity (Wildman–Crippen MR) is 50.4 cm³/mol. The Kier molecular flexibility index (Phi) is 2.03. The molecule has 0 aromatic heterocycles. The summed E-state index contributed by atoms with van der Waals surface area (Å²) in [6.07, 6.45) is 8.94. The highest BCUT2D eigenvalue weighted by atomic mass is 14.2. The van der Waals surface area contributed by atoms with Crippen molar-refractivity contribution in [2.75, 3.05) is 0 Å². The zero-order valence-electron chi connectivity index (χ0n) is 7.81. The second kappa shape index (κ2) is 2.69. The Morgan fingerprint density at radius 3 is 2.36 bits per heavy atom. The quantitative estimate of drug-likeness (QED) is 0.493. The first-order chi connectivity index (χ1) is 4.99. The van der Waals surface area contributed by atoms with Gasteiger partial charge in [-0.2, -0.15) is 0 Å². The summed E-state index contributed by atoms with van der Waals surface area (Å²) in [5.74, 6) is 0. The van der Waals surface area contributed by atoms with E-state index in [0.29, 0.717) is 0 Å². The van der Waals surface area contributed by atoms with E-state index in [2.05, 4.69) is 52.0 Å². The summed E-state index contributed by atoms with van der Waals surface area (Å²) in [7, 11) is 0. The summed E-state index contributed by atoms with van der Waals surface area (Å²) < 4.78 is 0. The lowest BCUT2D eigenvalue weighted by Crippen LogP contribution is -2.01. The van der Waals surface area contributed by atoms with E-state index < -0.39 is 0 Å². The van der Waals surface area contributed by atoms with Gasteiger partial charge in [-0.05, 0) is 13.8 Å². The second-order valence-corrected chi connectivity index (χ2v) is 3.93. The smallest absolute Gasteiger partial charge is 0.00133 e. The minimum atomic E-state index is 0.221. The van der Waals surface area contributed by atoms with Gasteiger partial charge in [0.15, 0.2) is 0 Å².